The van der Waals surface area contributed by atoms with Crippen LogP contribution in [0.1, 0.15) is 83.1 Å². The fraction of sp³-hybridized carbons (Fsp3) is 1.00. The molecule has 0 aliphatic rings. The van der Waals surface area contributed by atoms with Crippen molar-refractivity contribution in [3.63, 3.8) is 0 Å². The second kappa shape index (κ2) is 13.3. The zero-order valence-corrected chi connectivity index (χ0v) is 25.6. The quantitative estimate of drug-likeness (QED) is 0.203. The third kappa shape index (κ3) is 13.6. The van der Waals surface area contributed by atoms with Gasteiger partial charge in [0.2, 0.25) is 16.6 Å². The highest BCUT2D eigenvalue weighted by atomic mass is 32.3. The van der Waals surface area contributed by atoms with Gasteiger partial charge in [-0.1, -0.05) is 83.1 Å². The van der Waals surface area contributed by atoms with E-state index in [9.17, 15) is 8.42 Å². The number of hydrogen-bond acceptors (Lipinski definition) is 4. The minimum absolute atomic E-state index is 0.406. The molecule has 0 aromatic heterocycles. The van der Waals surface area contributed by atoms with Gasteiger partial charge in [-0.15, -0.1) is 0 Å². The molecular formula is C24H54O4SSi2. The van der Waals surface area contributed by atoms with Crippen molar-refractivity contribution in [2.75, 3.05) is 0 Å². The third-order valence-corrected chi connectivity index (χ3v) is 19.1. The average molecular weight is 495 g/mol. The topological polar surface area (TPSA) is 52.6 Å². The van der Waals surface area contributed by atoms with Gasteiger partial charge >= 0.3 is 10.4 Å². The fourth-order valence-electron chi connectivity index (χ4n) is 5.62. The highest BCUT2D eigenvalue weighted by molar-refractivity contribution is 7.84. The summed E-state index contributed by atoms with van der Waals surface area (Å²) >= 11 is 0. The molecule has 0 bridgehead atoms. The lowest BCUT2D eigenvalue weighted by molar-refractivity contribution is 0.359. The molecule has 0 rings (SSSR count). The van der Waals surface area contributed by atoms with Crippen LogP contribution < -0.4 is 0 Å². The van der Waals surface area contributed by atoms with Crippen molar-refractivity contribution >= 4 is 27.0 Å². The number of rotatable bonds is 16. The highest BCUT2D eigenvalue weighted by Gasteiger charge is 2.47. The van der Waals surface area contributed by atoms with Crippen molar-refractivity contribution in [1.82, 2.24) is 0 Å². The SMILES string of the molecule is CC(C)C[Si](CC(C)C)(CC(C)C)OS(=O)(=O)O[Si](CC(C)C)(CC(C)C)CC(C)C. The molecule has 0 unspecified atom stereocenters. The van der Waals surface area contributed by atoms with Crippen molar-refractivity contribution in [3.8, 4) is 0 Å². The maximum atomic E-state index is 13.6. The monoisotopic (exact) mass is 494 g/mol. The summed E-state index contributed by atoms with van der Waals surface area (Å²) in [5.41, 5.74) is 0. The summed E-state index contributed by atoms with van der Waals surface area (Å²) < 4.78 is 39.7. The van der Waals surface area contributed by atoms with Crippen LogP contribution in [0.3, 0.4) is 0 Å². The van der Waals surface area contributed by atoms with Crippen LogP contribution in [0.15, 0.2) is 0 Å². The van der Waals surface area contributed by atoms with Crippen molar-refractivity contribution in [3.05, 3.63) is 0 Å². The molecule has 0 aromatic carbocycles. The van der Waals surface area contributed by atoms with Crippen LogP contribution in [-0.2, 0) is 18.1 Å². The Labute approximate surface area is 197 Å². The van der Waals surface area contributed by atoms with E-state index in [1.165, 1.54) is 0 Å². The Morgan fingerprint density at radius 3 is 0.742 bits per heavy atom. The van der Waals surface area contributed by atoms with Gasteiger partial charge in [-0.25, -0.2) is 0 Å². The molecule has 0 N–H and O–H groups in total. The Morgan fingerprint density at radius 2 is 0.613 bits per heavy atom. The van der Waals surface area contributed by atoms with E-state index < -0.39 is 27.0 Å². The van der Waals surface area contributed by atoms with Gasteiger partial charge < -0.3 is 0 Å². The van der Waals surface area contributed by atoms with Gasteiger partial charge in [-0.2, -0.15) is 8.42 Å². The first kappa shape index (κ1) is 31.3. The van der Waals surface area contributed by atoms with Crippen molar-refractivity contribution in [2.24, 2.45) is 35.5 Å². The Hall–Kier alpha value is 0.304. The van der Waals surface area contributed by atoms with E-state index in [0.29, 0.717) is 35.5 Å². The lowest BCUT2D eigenvalue weighted by atomic mass is 10.2. The van der Waals surface area contributed by atoms with Gasteiger partial charge in [0.05, 0.1) is 0 Å². The summed E-state index contributed by atoms with van der Waals surface area (Å²) in [4.78, 5) is 0. The van der Waals surface area contributed by atoms with Gasteiger partial charge in [0.1, 0.15) is 0 Å². The van der Waals surface area contributed by atoms with Gasteiger partial charge in [0, 0.05) is 0 Å². The van der Waals surface area contributed by atoms with Gasteiger partial charge in [0.15, 0.2) is 0 Å². The molecular weight excluding hydrogens is 440 g/mol. The first-order chi connectivity index (χ1) is 13.9. The largest absolute Gasteiger partial charge is 0.380 e. The normalized spacial score (nSPS) is 14.3. The zero-order chi connectivity index (χ0) is 24.6. The molecule has 0 saturated carbocycles. The smallest absolute Gasteiger partial charge is 0.294 e. The van der Waals surface area contributed by atoms with Gasteiger partial charge in [0.25, 0.3) is 0 Å². The van der Waals surface area contributed by atoms with Crippen molar-refractivity contribution < 1.29 is 16.2 Å². The molecule has 0 aliphatic carbocycles. The highest BCUT2D eigenvalue weighted by Crippen LogP contribution is 2.38. The standard InChI is InChI=1S/C24H54O4SSi2/c1-19(2)13-30(14-20(3)4,15-21(5)6)27-29(25,26)28-31(16-22(7)8,17-23(9)10)18-24(11)12/h19-24H,13-18H2,1-12H3. The average Bonchev–Trinajstić information content (AvgIpc) is 2.38. The summed E-state index contributed by atoms with van der Waals surface area (Å²) in [5, 5.41) is 0. The van der Waals surface area contributed by atoms with E-state index >= 15 is 0 Å². The Balaban J connectivity index is 6.19. The molecule has 4 nitrogen and oxygen atoms in total. The summed E-state index contributed by atoms with van der Waals surface area (Å²) in [6.45, 7) is 26.1. The summed E-state index contributed by atoms with van der Waals surface area (Å²) in [5.74, 6) is 2.44. The predicted octanol–water partition coefficient (Wildman–Crippen LogP) is 8.09. The number of hydrogen-bond donors (Lipinski definition) is 0. The minimum atomic E-state index is -4.05. The second-order valence-corrected chi connectivity index (χ2v) is 21.9. The molecule has 7 heteroatoms. The molecule has 0 radical (unpaired) electrons. The molecule has 0 atom stereocenters. The molecule has 0 heterocycles. The van der Waals surface area contributed by atoms with Crippen molar-refractivity contribution in [2.45, 2.75) is 119 Å². The van der Waals surface area contributed by atoms with Crippen molar-refractivity contribution in [1.29, 1.82) is 0 Å². The van der Waals surface area contributed by atoms with E-state index in [-0.39, 0.29) is 0 Å². The van der Waals surface area contributed by atoms with Gasteiger partial charge in [-0.3, -0.25) is 7.74 Å². The van der Waals surface area contributed by atoms with Crippen LogP contribution in [0.25, 0.3) is 0 Å². The van der Waals surface area contributed by atoms with Crippen LogP contribution in [0.2, 0.25) is 36.3 Å². The fourth-order valence-corrected chi connectivity index (χ4v) is 21.1. The molecule has 0 fully saturated rings. The van der Waals surface area contributed by atoms with Gasteiger partial charge in [-0.05, 0) is 71.8 Å². The predicted molar refractivity (Wildman–Crippen MR) is 140 cm³/mol. The first-order valence-electron chi connectivity index (χ1n) is 12.6. The molecule has 0 aromatic rings. The van der Waals surface area contributed by atoms with Crippen LogP contribution in [0.4, 0.5) is 0 Å². The maximum absolute atomic E-state index is 13.6. The first-order valence-corrected chi connectivity index (χ1v) is 19.0. The lowest BCUT2D eigenvalue weighted by Crippen LogP contribution is -2.49. The van der Waals surface area contributed by atoms with E-state index in [4.69, 9.17) is 7.74 Å². The zero-order valence-electron chi connectivity index (χ0n) is 22.7. The molecule has 0 spiro atoms. The maximum Gasteiger partial charge on any atom is 0.380 e. The van der Waals surface area contributed by atoms with E-state index in [1.54, 1.807) is 0 Å². The molecule has 0 saturated heterocycles. The molecule has 188 valence electrons. The Morgan fingerprint density at radius 1 is 0.452 bits per heavy atom. The summed E-state index contributed by atoms with van der Waals surface area (Å²) in [7, 11) is -9.11. The van der Waals surface area contributed by atoms with E-state index in [0.717, 1.165) is 36.3 Å². The minimum Gasteiger partial charge on any atom is -0.294 e. The third-order valence-electron chi connectivity index (χ3n) is 5.24. The Kier molecular flexibility index (Phi) is 13.4. The lowest BCUT2D eigenvalue weighted by Gasteiger charge is -2.38. The summed E-state index contributed by atoms with van der Waals surface area (Å²) in [6, 6.07) is 5.16. The van der Waals surface area contributed by atoms with E-state index in [2.05, 4.69) is 83.1 Å². The van der Waals surface area contributed by atoms with Crippen LogP contribution in [-0.4, -0.2) is 25.1 Å². The van der Waals surface area contributed by atoms with Crippen LogP contribution >= 0.6 is 0 Å². The molecule has 0 aliphatic heterocycles. The second-order valence-electron chi connectivity index (χ2n) is 12.5. The summed E-state index contributed by atoms with van der Waals surface area (Å²) in [6.07, 6.45) is 0. The van der Waals surface area contributed by atoms with E-state index in [1.807, 2.05) is 0 Å². The van der Waals surface area contributed by atoms with Crippen LogP contribution in [0, 0.1) is 35.5 Å². The Bertz CT molecular complexity index is 500. The van der Waals surface area contributed by atoms with Crippen LogP contribution in [0.5, 0.6) is 0 Å². The molecule has 0 amide bonds. The molecule has 31 heavy (non-hydrogen) atoms.